The second-order valence-corrected chi connectivity index (χ2v) is 6.13. The monoisotopic (exact) mass is 278 g/mol. The zero-order chi connectivity index (χ0) is 14.4. The van der Waals surface area contributed by atoms with Gasteiger partial charge in [0.1, 0.15) is 5.82 Å². The molecular weight excluding hydrogens is 251 g/mol. The Kier molecular flexibility index (Phi) is 5.99. The van der Waals surface area contributed by atoms with Crippen LogP contribution in [-0.4, -0.2) is 31.1 Å². The maximum absolute atomic E-state index is 13.2. The van der Waals surface area contributed by atoms with Gasteiger partial charge in [-0.3, -0.25) is 0 Å². The molecule has 1 heterocycles. The van der Waals surface area contributed by atoms with Gasteiger partial charge in [-0.05, 0) is 81.5 Å². The summed E-state index contributed by atoms with van der Waals surface area (Å²) >= 11 is 0. The highest BCUT2D eigenvalue weighted by Gasteiger charge is 2.14. The van der Waals surface area contributed by atoms with E-state index in [0.717, 1.165) is 30.1 Å². The first-order chi connectivity index (χ1) is 9.65. The first-order valence-corrected chi connectivity index (χ1v) is 7.83. The maximum Gasteiger partial charge on any atom is 0.123 e. The van der Waals surface area contributed by atoms with Crippen molar-refractivity contribution in [2.45, 2.75) is 39.7 Å². The molecule has 0 unspecified atom stereocenters. The zero-order valence-corrected chi connectivity index (χ0v) is 12.8. The highest BCUT2D eigenvalue weighted by Crippen LogP contribution is 2.15. The number of hydrogen-bond donors (Lipinski definition) is 1. The number of piperidine rings is 1. The van der Waals surface area contributed by atoms with Crippen LogP contribution in [0.15, 0.2) is 18.2 Å². The van der Waals surface area contributed by atoms with Crippen LogP contribution in [0.3, 0.4) is 0 Å². The van der Waals surface area contributed by atoms with Crippen molar-refractivity contribution in [1.29, 1.82) is 0 Å². The minimum atomic E-state index is -0.144. The summed E-state index contributed by atoms with van der Waals surface area (Å²) in [5, 5.41) is 3.42. The van der Waals surface area contributed by atoms with Crippen LogP contribution < -0.4 is 5.32 Å². The summed E-state index contributed by atoms with van der Waals surface area (Å²) < 4.78 is 13.2. The van der Waals surface area contributed by atoms with Gasteiger partial charge >= 0.3 is 0 Å². The smallest absolute Gasteiger partial charge is 0.123 e. The van der Waals surface area contributed by atoms with E-state index in [2.05, 4.69) is 17.1 Å². The van der Waals surface area contributed by atoms with E-state index in [1.165, 1.54) is 45.0 Å². The van der Waals surface area contributed by atoms with E-state index in [1.807, 2.05) is 13.0 Å². The third-order valence-electron chi connectivity index (χ3n) is 4.33. The van der Waals surface area contributed by atoms with Gasteiger partial charge in [0.15, 0.2) is 0 Å². The fourth-order valence-corrected chi connectivity index (χ4v) is 2.77. The molecule has 20 heavy (non-hydrogen) atoms. The average molecular weight is 278 g/mol. The minimum absolute atomic E-state index is 0.144. The second-order valence-electron chi connectivity index (χ2n) is 6.13. The molecule has 1 N–H and O–H groups in total. The molecule has 1 fully saturated rings. The zero-order valence-electron chi connectivity index (χ0n) is 12.8. The van der Waals surface area contributed by atoms with E-state index in [1.54, 1.807) is 6.07 Å². The molecule has 0 aliphatic carbocycles. The fourth-order valence-electron chi connectivity index (χ4n) is 2.77. The minimum Gasteiger partial charge on any atom is -0.313 e. The lowest BCUT2D eigenvalue weighted by Gasteiger charge is -2.30. The molecule has 1 aliphatic rings. The lowest BCUT2D eigenvalue weighted by molar-refractivity contribution is 0.190. The van der Waals surface area contributed by atoms with Crippen molar-refractivity contribution < 1.29 is 4.39 Å². The van der Waals surface area contributed by atoms with Gasteiger partial charge in [-0.2, -0.15) is 0 Å². The third-order valence-corrected chi connectivity index (χ3v) is 4.33. The molecule has 0 bridgehead atoms. The van der Waals surface area contributed by atoms with Crippen molar-refractivity contribution in [2.75, 3.05) is 26.2 Å². The SMILES string of the molecule is Cc1ccc(F)cc1CNCCCN1CCC(C)CC1. The molecule has 1 aliphatic heterocycles. The van der Waals surface area contributed by atoms with Gasteiger partial charge in [-0.25, -0.2) is 4.39 Å². The van der Waals surface area contributed by atoms with Crippen LogP contribution in [0.25, 0.3) is 0 Å². The summed E-state index contributed by atoms with van der Waals surface area (Å²) in [6, 6.07) is 5.01. The van der Waals surface area contributed by atoms with Crippen LogP contribution in [0.2, 0.25) is 0 Å². The van der Waals surface area contributed by atoms with E-state index in [0.29, 0.717) is 0 Å². The summed E-state index contributed by atoms with van der Waals surface area (Å²) in [6.45, 7) is 9.84. The Labute approximate surface area is 122 Å². The summed E-state index contributed by atoms with van der Waals surface area (Å²) in [7, 11) is 0. The lowest BCUT2D eigenvalue weighted by Crippen LogP contribution is -2.34. The van der Waals surface area contributed by atoms with Crippen molar-refractivity contribution >= 4 is 0 Å². The van der Waals surface area contributed by atoms with Crippen LogP contribution in [0, 0.1) is 18.7 Å². The van der Waals surface area contributed by atoms with Crippen LogP contribution >= 0.6 is 0 Å². The number of likely N-dealkylation sites (tertiary alicyclic amines) is 1. The van der Waals surface area contributed by atoms with E-state index >= 15 is 0 Å². The molecule has 2 nitrogen and oxygen atoms in total. The molecule has 112 valence electrons. The molecule has 0 saturated carbocycles. The van der Waals surface area contributed by atoms with Crippen LogP contribution in [0.1, 0.15) is 37.3 Å². The molecule has 0 aromatic heterocycles. The second kappa shape index (κ2) is 7.75. The highest BCUT2D eigenvalue weighted by atomic mass is 19.1. The standard InChI is InChI=1S/C17H27FN2/c1-14-6-10-20(11-7-14)9-3-8-19-13-16-12-17(18)5-4-15(16)2/h4-5,12,14,19H,3,6-11,13H2,1-2H3. The van der Waals surface area contributed by atoms with Gasteiger partial charge in [0.05, 0.1) is 0 Å². The first kappa shape index (κ1) is 15.5. The Bertz CT molecular complexity index is 411. The van der Waals surface area contributed by atoms with Crippen molar-refractivity contribution in [1.82, 2.24) is 10.2 Å². The fraction of sp³-hybridized carbons (Fsp3) is 0.647. The van der Waals surface area contributed by atoms with Gasteiger partial charge in [0.25, 0.3) is 0 Å². The van der Waals surface area contributed by atoms with E-state index < -0.39 is 0 Å². The van der Waals surface area contributed by atoms with Crippen molar-refractivity contribution in [3.05, 3.63) is 35.1 Å². The van der Waals surface area contributed by atoms with Crippen molar-refractivity contribution in [3.8, 4) is 0 Å². The average Bonchev–Trinajstić information content (AvgIpc) is 2.44. The molecule has 0 amide bonds. The third kappa shape index (κ3) is 4.88. The van der Waals surface area contributed by atoms with Gasteiger partial charge in [-0.1, -0.05) is 13.0 Å². The Morgan fingerprint density at radius 3 is 2.80 bits per heavy atom. The molecule has 0 spiro atoms. The predicted octanol–water partition coefficient (Wildman–Crippen LogP) is 3.35. The van der Waals surface area contributed by atoms with Gasteiger partial charge in [0, 0.05) is 6.54 Å². The lowest BCUT2D eigenvalue weighted by atomic mass is 9.99. The number of hydrogen-bond acceptors (Lipinski definition) is 2. The summed E-state index contributed by atoms with van der Waals surface area (Å²) in [6.07, 6.45) is 3.86. The van der Waals surface area contributed by atoms with Crippen molar-refractivity contribution in [2.24, 2.45) is 5.92 Å². The maximum atomic E-state index is 13.2. The molecule has 2 rings (SSSR count). The molecular formula is C17H27FN2. The van der Waals surface area contributed by atoms with E-state index in [9.17, 15) is 4.39 Å². The molecule has 0 radical (unpaired) electrons. The number of nitrogens with one attached hydrogen (secondary N) is 1. The number of rotatable bonds is 6. The van der Waals surface area contributed by atoms with Crippen LogP contribution in [0.4, 0.5) is 4.39 Å². The summed E-state index contributed by atoms with van der Waals surface area (Å²) in [5.41, 5.74) is 2.22. The van der Waals surface area contributed by atoms with E-state index in [4.69, 9.17) is 0 Å². The quantitative estimate of drug-likeness (QED) is 0.803. The van der Waals surface area contributed by atoms with Crippen LogP contribution in [-0.2, 0) is 6.54 Å². The normalized spacial score (nSPS) is 17.6. The first-order valence-electron chi connectivity index (χ1n) is 7.83. The van der Waals surface area contributed by atoms with Gasteiger partial charge < -0.3 is 10.2 Å². The Balaban J connectivity index is 1.61. The number of aryl methyl sites for hydroxylation is 1. The highest BCUT2D eigenvalue weighted by molar-refractivity contribution is 5.26. The number of benzene rings is 1. The number of halogens is 1. The molecule has 3 heteroatoms. The Morgan fingerprint density at radius 2 is 2.05 bits per heavy atom. The van der Waals surface area contributed by atoms with Gasteiger partial charge in [0.2, 0.25) is 0 Å². The molecule has 1 aromatic carbocycles. The van der Waals surface area contributed by atoms with E-state index in [-0.39, 0.29) is 5.82 Å². The molecule has 0 atom stereocenters. The molecule has 1 saturated heterocycles. The largest absolute Gasteiger partial charge is 0.313 e. The topological polar surface area (TPSA) is 15.3 Å². The van der Waals surface area contributed by atoms with Gasteiger partial charge in [-0.15, -0.1) is 0 Å². The Morgan fingerprint density at radius 1 is 1.30 bits per heavy atom. The Hall–Kier alpha value is -0.930. The summed E-state index contributed by atoms with van der Waals surface area (Å²) in [5.74, 6) is 0.759. The van der Waals surface area contributed by atoms with Crippen LogP contribution in [0.5, 0.6) is 0 Å². The predicted molar refractivity (Wildman–Crippen MR) is 82.3 cm³/mol. The summed E-state index contributed by atoms with van der Waals surface area (Å²) in [4.78, 5) is 2.56. The molecule has 1 aromatic rings. The van der Waals surface area contributed by atoms with Crippen molar-refractivity contribution in [3.63, 3.8) is 0 Å². The number of nitrogens with zero attached hydrogens (tertiary/aromatic N) is 1.